The summed E-state index contributed by atoms with van der Waals surface area (Å²) < 4.78 is 0. The number of unbranched alkanes of at least 4 members (excludes halogenated alkanes) is 3. The molecule has 0 bridgehead atoms. The molecule has 3 rings (SSSR count). The van der Waals surface area contributed by atoms with Crippen molar-refractivity contribution in [1.82, 2.24) is 10.6 Å². The predicted octanol–water partition coefficient (Wildman–Crippen LogP) is 5.58. The van der Waals surface area contributed by atoms with Gasteiger partial charge in [0.25, 0.3) is 5.91 Å². The van der Waals surface area contributed by atoms with Crippen LogP contribution in [0.15, 0.2) is 84.9 Å². The number of hydrogen-bond donors (Lipinski definition) is 2. The van der Waals surface area contributed by atoms with E-state index in [4.69, 9.17) is 0 Å². The van der Waals surface area contributed by atoms with Crippen molar-refractivity contribution in [2.75, 3.05) is 18.5 Å². The number of carbonyl (C=O) groups excluding carboxylic acids is 2. The van der Waals surface area contributed by atoms with E-state index in [1.54, 1.807) is 7.05 Å². The van der Waals surface area contributed by atoms with Gasteiger partial charge in [-0.15, -0.1) is 0 Å². The number of nitrogens with zero attached hydrogens (tertiary/aromatic N) is 1. The summed E-state index contributed by atoms with van der Waals surface area (Å²) in [5.41, 5.74) is 3.77. The Morgan fingerprint density at radius 1 is 0.688 bits per heavy atom. The van der Waals surface area contributed by atoms with Crippen LogP contribution in [0.3, 0.4) is 0 Å². The maximum Gasteiger partial charge on any atom is 0.251 e. The molecule has 0 aromatic heterocycles. The molecule has 0 aliphatic rings. The minimum atomic E-state index is -0.0621. The largest absolute Gasteiger partial charge is 0.359 e. The lowest BCUT2D eigenvalue weighted by molar-refractivity contribution is -0.120. The molecule has 32 heavy (non-hydrogen) atoms. The highest BCUT2D eigenvalue weighted by atomic mass is 16.2. The molecule has 3 aromatic rings. The second-order valence-corrected chi connectivity index (χ2v) is 7.65. The molecule has 0 spiro atoms. The molecule has 166 valence electrons. The standard InChI is InChI=1S/C27H31N3O2/c1-28-26(31)16-10-2-3-11-21-29-27(32)22-17-19-25(20-18-22)30(23-12-6-4-7-13-23)24-14-8-5-9-15-24/h4-9,12-15,17-20H,2-3,10-11,16,21H2,1H3,(H,28,31)(H,29,32). The maximum atomic E-state index is 12.5. The average Bonchev–Trinajstić information content (AvgIpc) is 2.85. The van der Waals surface area contributed by atoms with E-state index in [9.17, 15) is 9.59 Å². The summed E-state index contributed by atoms with van der Waals surface area (Å²) in [7, 11) is 1.66. The van der Waals surface area contributed by atoms with Crippen LogP contribution in [-0.4, -0.2) is 25.4 Å². The fourth-order valence-electron chi connectivity index (χ4n) is 3.56. The van der Waals surface area contributed by atoms with Crippen LogP contribution in [-0.2, 0) is 4.79 Å². The van der Waals surface area contributed by atoms with Gasteiger partial charge in [0, 0.05) is 42.6 Å². The lowest BCUT2D eigenvalue weighted by Gasteiger charge is -2.25. The first-order chi connectivity index (χ1) is 15.7. The first-order valence-electron chi connectivity index (χ1n) is 11.2. The highest BCUT2D eigenvalue weighted by molar-refractivity contribution is 5.94. The molecule has 3 aromatic carbocycles. The normalized spacial score (nSPS) is 10.4. The van der Waals surface area contributed by atoms with Gasteiger partial charge in [0.2, 0.25) is 5.91 Å². The molecule has 0 aliphatic carbocycles. The number of rotatable bonds is 11. The van der Waals surface area contributed by atoms with Crippen LogP contribution in [0, 0.1) is 0 Å². The SMILES string of the molecule is CNC(=O)CCCCCCNC(=O)c1ccc(N(c2ccccc2)c2ccccc2)cc1. The quantitative estimate of drug-likeness (QED) is 0.391. The Morgan fingerprint density at radius 3 is 1.78 bits per heavy atom. The van der Waals surface area contributed by atoms with Crippen LogP contribution in [0.1, 0.15) is 42.5 Å². The summed E-state index contributed by atoms with van der Waals surface area (Å²) in [5.74, 6) is 0.0210. The van der Waals surface area contributed by atoms with Gasteiger partial charge in [0.15, 0.2) is 0 Å². The molecule has 5 heteroatoms. The smallest absolute Gasteiger partial charge is 0.251 e. The van der Waals surface area contributed by atoms with E-state index in [1.807, 2.05) is 60.7 Å². The molecule has 2 amide bonds. The van der Waals surface area contributed by atoms with Crippen molar-refractivity contribution < 1.29 is 9.59 Å². The van der Waals surface area contributed by atoms with E-state index in [-0.39, 0.29) is 11.8 Å². The fraction of sp³-hybridized carbons (Fsp3) is 0.259. The summed E-state index contributed by atoms with van der Waals surface area (Å²) in [6, 6.07) is 28.1. The van der Waals surface area contributed by atoms with Crippen molar-refractivity contribution in [1.29, 1.82) is 0 Å². The van der Waals surface area contributed by atoms with Crippen LogP contribution in [0.25, 0.3) is 0 Å². The number of amides is 2. The molecule has 5 nitrogen and oxygen atoms in total. The minimum absolute atomic E-state index is 0.0621. The van der Waals surface area contributed by atoms with E-state index in [2.05, 4.69) is 39.8 Å². The van der Waals surface area contributed by atoms with Crippen molar-refractivity contribution >= 4 is 28.9 Å². The van der Waals surface area contributed by atoms with Gasteiger partial charge in [-0.1, -0.05) is 49.2 Å². The van der Waals surface area contributed by atoms with Crippen molar-refractivity contribution in [3.05, 3.63) is 90.5 Å². The number of benzene rings is 3. The van der Waals surface area contributed by atoms with E-state index in [0.717, 1.165) is 42.7 Å². The zero-order valence-electron chi connectivity index (χ0n) is 18.6. The van der Waals surface area contributed by atoms with Crippen LogP contribution in [0.2, 0.25) is 0 Å². The zero-order chi connectivity index (χ0) is 22.6. The van der Waals surface area contributed by atoms with Gasteiger partial charge in [-0.2, -0.15) is 0 Å². The van der Waals surface area contributed by atoms with Crippen LogP contribution in [0.5, 0.6) is 0 Å². The number of hydrogen-bond acceptors (Lipinski definition) is 3. The Kier molecular flexibility index (Phi) is 8.87. The summed E-state index contributed by atoms with van der Waals surface area (Å²) in [6.07, 6.45) is 4.35. The highest BCUT2D eigenvalue weighted by Crippen LogP contribution is 2.33. The van der Waals surface area contributed by atoms with E-state index < -0.39 is 0 Å². The zero-order valence-corrected chi connectivity index (χ0v) is 18.6. The molecule has 0 aliphatic heterocycles. The molecule has 0 atom stereocenters. The monoisotopic (exact) mass is 429 g/mol. The molecule has 0 fully saturated rings. The molecule has 0 saturated heterocycles. The molecule has 0 radical (unpaired) electrons. The number of para-hydroxylation sites is 2. The van der Waals surface area contributed by atoms with Gasteiger partial charge in [0.05, 0.1) is 0 Å². The molecule has 0 unspecified atom stereocenters. The molecular weight excluding hydrogens is 398 g/mol. The summed E-state index contributed by atoms with van der Waals surface area (Å²) >= 11 is 0. The van der Waals surface area contributed by atoms with Gasteiger partial charge in [-0.25, -0.2) is 0 Å². The van der Waals surface area contributed by atoms with Crippen LogP contribution >= 0.6 is 0 Å². The van der Waals surface area contributed by atoms with Crippen LogP contribution < -0.4 is 15.5 Å². The maximum absolute atomic E-state index is 12.5. The Morgan fingerprint density at radius 2 is 1.22 bits per heavy atom. The summed E-state index contributed by atoms with van der Waals surface area (Å²) in [5, 5.41) is 5.62. The van der Waals surface area contributed by atoms with Gasteiger partial charge in [-0.05, 0) is 61.4 Å². The topological polar surface area (TPSA) is 61.4 Å². The summed E-state index contributed by atoms with van der Waals surface area (Å²) in [4.78, 5) is 25.9. The second-order valence-electron chi connectivity index (χ2n) is 7.65. The second kappa shape index (κ2) is 12.3. The molecule has 0 heterocycles. The lowest BCUT2D eigenvalue weighted by Crippen LogP contribution is -2.24. The number of anilines is 3. The lowest BCUT2D eigenvalue weighted by atomic mass is 10.1. The number of carbonyl (C=O) groups is 2. The van der Waals surface area contributed by atoms with Gasteiger partial charge in [0.1, 0.15) is 0 Å². The van der Waals surface area contributed by atoms with Gasteiger partial charge < -0.3 is 15.5 Å². The minimum Gasteiger partial charge on any atom is -0.359 e. The van der Waals surface area contributed by atoms with E-state index >= 15 is 0 Å². The Bertz CT molecular complexity index is 933. The third-order valence-electron chi connectivity index (χ3n) is 5.31. The van der Waals surface area contributed by atoms with Crippen molar-refractivity contribution in [3.8, 4) is 0 Å². The number of nitrogens with one attached hydrogen (secondary N) is 2. The highest BCUT2D eigenvalue weighted by Gasteiger charge is 2.13. The van der Waals surface area contributed by atoms with Gasteiger partial charge >= 0.3 is 0 Å². The Hall–Kier alpha value is -3.60. The molecule has 2 N–H and O–H groups in total. The van der Waals surface area contributed by atoms with E-state index in [0.29, 0.717) is 18.5 Å². The van der Waals surface area contributed by atoms with Crippen molar-refractivity contribution in [3.63, 3.8) is 0 Å². The van der Waals surface area contributed by atoms with Crippen molar-refractivity contribution in [2.24, 2.45) is 0 Å². The summed E-state index contributed by atoms with van der Waals surface area (Å²) in [6.45, 7) is 0.640. The average molecular weight is 430 g/mol. The molecule has 0 saturated carbocycles. The van der Waals surface area contributed by atoms with Gasteiger partial charge in [-0.3, -0.25) is 9.59 Å². The fourth-order valence-corrected chi connectivity index (χ4v) is 3.56. The van der Waals surface area contributed by atoms with Crippen molar-refractivity contribution in [2.45, 2.75) is 32.1 Å². The first kappa shape index (κ1) is 23.1. The van der Waals surface area contributed by atoms with E-state index in [1.165, 1.54) is 0 Å². The molecular formula is C27H31N3O2. The Labute approximate surface area is 190 Å². The van der Waals surface area contributed by atoms with Crippen LogP contribution in [0.4, 0.5) is 17.1 Å². The third kappa shape index (κ3) is 6.71. The first-order valence-corrected chi connectivity index (χ1v) is 11.2. The predicted molar refractivity (Wildman–Crippen MR) is 131 cm³/mol. The Balaban J connectivity index is 1.56. The third-order valence-corrected chi connectivity index (χ3v) is 5.31.